The highest BCUT2D eigenvalue weighted by Gasteiger charge is 2.23. The monoisotopic (exact) mass is 405 g/mol. The maximum atomic E-state index is 12.7. The predicted octanol–water partition coefficient (Wildman–Crippen LogP) is 4.95. The van der Waals surface area contributed by atoms with E-state index in [1.54, 1.807) is 6.07 Å². The molecule has 1 aliphatic rings. The zero-order valence-corrected chi connectivity index (χ0v) is 16.8. The van der Waals surface area contributed by atoms with E-state index in [1.165, 1.54) is 23.4 Å². The molecule has 5 nitrogen and oxygen atoms in total. The van der Waals surface area contributed by atoms with Gasteiger partial charge in [0.2, 0.25) is 0 Å². The molecule has 3 aromatic rings. The molecule has 0 atom stereocenters. The first kappa shape index (κ1) is 19.2. The molecule has 146 valence electrons. The number of nitrogens with zero attached hydrogens (tertiary/aromatic N) is 3. The lowest BCUT2D eigenvalue weighted by Crippen LogP contribution is -2.32. The smallest absolute Gasteiger partial charge is 0.296 e. The van der Waals surface area contributed by atoms with Crippen molar-refractivity contribution in [2.24, 2.45) is 4.99 Å². The Morgan fingerprint density at radius 2 is 1.69 bits per heavy atom. The van der Waals surface area contributed by atoms with Crippen LogP contribution in [0.5, 0.6) is 0 Å². The third-order valence-electron chi connectivity index (χ3n) is 4.76. The zero-order valence-electron chi connectivity index (χ0n) is 16.0. The van der Waals surface area contributed by atoms with Crippen LogP contribution in [0, 0.1) is 0 Å². The normalized spacial score (nSPS) is 13.3. The maximum Gasteiger partial charge on any atom is 0.296 e. The summed E-state index contributed by atoms with van der Waals surface area (Å²) in [5.41, 5.74) is 5.06. The van der Waals surface area contributed by atoms with Crippen LogP contribution in [0.3, 0.4) is 0 Å². The summed E-state index contributed by atoms with van der Waals surface area (Å²) in [5.74, 6) is -0.413. The fraction of sp³-hybridized carbons (Fsp3) is 0.174. The molecular formula is C23H20ClN3O2. The summed E-state index contributed by atoms with van der Waals surface area (Å²) in [4.78, 5) is 22.9. The van der Waals surface area contributed by atoms with Crippen LogP contribution >= 0.6 is 11.6 Å². The van der Waals surface area contributed by atoms with Gasteiger partial charge in [-0.05, 0) is 41.3 Å². The molecule has 0 aliphatic carbocycles. The van der Waals surface area contributed by atoms with E-state index in [2.05, 4.69) is 34.2 Å². The molecular weight excluding hydrogens is 386 g/mol. The molecule has 0 saturated heterocycles. The standard InChI is InChI=1S/C23H20ClN3O2/c1-2-29-23(26-22(28)16-11-12-25-21(24)13-16)27-14-17-7-3-5-9-19(17)20-10-6-4-8-18(20)15-27/h3-13H,2,14-15H2,1H3/b26-23-. The van der Waals surface area contributed by atoms with Gasteiger partial charge in [-0.3, -0.25) is 4.79 Å². The summed E-state index contributed by atoms with van der Waals surface area (Å²) in [5, 5.41) is 0.252. The van der Waals surface area contributed by atoms with Gasteiger partial charge in [0.1, 0.15) is 5.15 Å². The van der Waals surface area contributed by atoms with Crippen molar-refractivity contribution in [1.29, 1.82) is 0 Å². The van der Waals surface area contributed by atoms with Gasteiger partial charge in [0.25, 0.3) is 11.9 Å². The quantitative estimate of drug-likeness (QED) is 0.344. The Balaban J connectivity index is 1.74. The first-order valence-corrected chi connectivity index (χ1v) is 9.82. The minimum atomic E-state index is -0.413. The Bertz CT molecular complexity index is 1030. The van der Waals surface area contributed by atoms with Crippen LogP contribution in [0.15, 0.2) is 71.9 Å². The molecule has 0 N–H and O–H groups in total. The average molecular weight is 406 g/mol. The fourth-order valence-corrected chi connectivity index (χ4v) is 3.63. The van der Waals surface area contributed by atoms with Crippen molar-refractivity contribution in [3.63, 3.8) is 0 Å². The van der Waals surface area contributed by atoms with Gasteiger partial charge in [-0.25, -0.2) is 4.98 Å². The van der Waals surface area contributed by atoms with Gasteiger partial charge >= 0.3 is 0 Å². The summed E-state index contributed by atoms with van der Waals surface area (Å²) in [6, 6.07) is 20.0. The van der Waals surface area contributed by atoms with Crippen LogP contribution in [0.4, 0.5) is 0 Å². The Kier molecular flexibility index (Phi) is 5.58. The molecule has 0 unspecified atom stereocenters. The molecule has 0 fully saturated rings. The van der Waals surface area contributed by atoms with E-state index in [-0.39, 0.29) is 5.15 Å². The first-order chi connectivity index (χ1) is 14.2. The Labute approximate surface area is 174 Å². The van der Waals surface area contributed by atoms with E-state index >= 15 is 0 Å². The van der Waals surface area contributed by atoms with Crippen LogP contribution in [0.2, 0.25) is 5.15 Å². The van der Waals surface area contributed by atoms with Crippen molar-refractivity contribution < 1.29 is 9.53 Å². The topological polar surface area (TPSA) is 54.8 Å². The Hall–Kier alpha value is -3.18. The SMILES string of the molecule is CCO/C(=N\C(=O)c1ccnc(Cl)c1)N1Cc2ccccc2-c2ccccc2C1. The number of hydrogen-bond acceptors (Lipinski definition) is 3. The number of ether oxygens (including phenoxy) is 1. The van der Waals surface area contributed by atoms with Crippen molar-refractivity contribution in [2.45, 2.75) is 20.0 Å². The van der Waals surface area contributed by atoms with Gasteiger partial charge in [-0.1, -0.05) is 60.1 Å². The summed E-state index contributed by atoms with van der Waals surface area (Å²) in [6.45, 7) is 3.47. The Morgan fingerprint density at radius 3 is 2.28 bits per heavy atom. The van der Waals surface area contributed by atoms with E-state index in [1.807, 2.05) is 36.1 Å². The highest BCUT2D eigenvalue weighted by molar-refractivity contribution is 6.29. The van der Waals surface area contributed by atoms with Crippen molar-refractivity contribution in [3.8, 4) is 11.1 Å². The van der Waals surface area contributed by atoms with Gasteiger partial charge in [0.05, 0.1) is 6.61 Å². The number of hydrogen-bond donors (Lipinski definition) is 0. The van der Waals surface area contributed by atoms with Gasteiger partial charge in [-0.15, -0.1) is 0 Å². The Morgan fingerprint density at radius 1 is 1.07 bits per heavy atom. The molecule has 0 bridgehead atoms. The number of fused-ring (bicyclic) bond motifs is 3. The van der Waals surface area contributed by atoms with Crippen LogP contribution in [-0.2, 0) is 17.8 Å². The van der Waals surface area contributed by atoms with E-state index < -0.39 is 5.91 Å². The molecule has 6 heteroatoms. The van der Waals surface area contributed by atoms with Crippen molar-refractivity contribution >= 4 is 23.5 Å². The van der Waals surface area contributed by atoms with Crippen LogP contribution < -0.4 is 0 Å². The van der Waals surface area contributed by atoms with E-state index in [0.29, 0.717) is 31.3 Å². The third-order valence-corrected chi connectivity index (χ3v) is 4.97. The fourth-order valence-electron chi connectivity index (χ4n) is 3.45. The summed E-state index contributed by atoms with van der Waals surface area (Å²) in [6.07, 6.45) is 1.49. The summed E-state index contributed by atoms with van der Waals surface area (Å²) in [7, 11) is 0. The lowest BCUT2D eigenvalue weighted by Gasteiger charge is -2.24. The number of benzene rings is 2. The third kappa shape index (κ3) is 4.15. The number of aliphatic imine (C=N–C) groups is 1. The van der Waals surface area contributed by atoms with Crippen molar-refractivity contribution in [2.75, 3.05) is 6.61 Å². The highest BCUT2D eigenvalue weighted by Crippen LogP contribution is 2.32. The molecule has 0 radical (unpaired) electrons. The first-order valence-electron chi connectivity index (χ1n) is 9.44. The number of amidine groups is 1. The predicted molar refractivity (Wildman–Crippen MR) is 114 cm³/mol. The van der Waals surface area contributed by atoms with Crippen LogP contribution in [-0.4, -0.2) is 28.4 Å². The van der Waals surface area contributed by atoms with E-state index in [4.69, 9.17) is 16.3 Å². The van der Waals surface area contributed by atoms with Gasteiger partial charge in [-0.2, -0.15) is 4.99 Å². The largest absolute Gasteiger partial charge is 0.465 e. The number of rotatable bonds is 2. The molecule has 4 rings (SSSR count). The second-order valence-corrected chi connectivity index (χ2v) is 7.06. The molecule has 0 saturated carbocycles. The molecule has 29 heavy (non-hydrogen) atoms. The van der Waals surface area contributed by atoms with Crippen LogP contribution in [0.1, 0.15) is 28.4 Å². The average Bonchev–Trinajstić information content (AvgIpc) is 2.90. The van der Waals surface area contributed by atoms with Gasteiger partial charge in [0, 0.05) is 24.8 Å². The zero-order chi connectivity index (χ0) is 20.2. The van der Waals surface area contributed by atoms with E-state index in [0.717, 1.165) is 11.1 Å². The minimum Gasteiger partial charge on any atom is -0.465 e. The lowest BCUT2D eigenvalue weighted by molar-refractivity contribution is 0.0993. The second kappa shape index (κ2) is 8.45. The maximum absolute atomic E-state index is 12.7. The molecule has 1 aliphatic heterocycles. The lowest BCUT2D eigenvalue weighted by atomic mass is 9.97. The molecule has 0 spiro atoms. The number of amides is 1. The molecule has 2 aromatic carbocycles. The van der Waals surface area contributed by atoms with E-state index in [9.17, 15) is 4.79 Å². The number of pyridine rings is 1. The van der Waals surface area contributed by atoms with Crippen molar-refractivity contribution in [1.82, 2.24) is 9.88 Å². The van der Waals surface area contributed by atoms with Crippen LogP contribution in [0.25, 0.3) is 11.1 Å². The summed E-state index contributed by atoms with van der Waals surface area (Å²) >= 11 is 5.92. The van der Waals surface area contributed by atoms with Gasteiger partial charge < -0.3 is 9.64 Å². The molecule has 1 amide bonds. The number of halogens is 1. The minimum absolute atomic E-state index is 0.252. The summed E-state index contributed by atoms with van der Waals surface area (Å²) < 4.78 is 5.80. The number of carbonyl (C=O) groups is 1. The highest BCUT2D eigenvalue weighted by atomic mass is 35.5. The molecule has 1 aromatic heterocycles. The van der Waals surface area contributed by atoms with Gasteiger partial charge in [0.15, 0.2) is 0 Å². The van der Waals surface area contributed by atoms with Crippen molar-refractivity contribution in [3.05, 3.63) is 88.7 Å². The number of aromatic nitrogens is 1. The second-order valence-electron chi connectivity index (χ2n) is 6.67. The molecule has 2 heterocycles. The number of carbonyl (C=O) groups excluding carboxylic acids is 1.